The molecule has 1 aliphatic rings. The topological polar surface area (TPSA) is 82.0 Å². The third-order valence-corrected chi connectivity index (χ3v) is 5.88. The summed E-state index contributed by atoms with van der Waals surface area (Å²) in [5.74, 6) is -0.752. The van der Waals surface area contributed by atoms with Crippen LogP contribution in [0.4, 0.5) is 5.69 Å². The highest BCUT2D eigenvalue weighted by Crippen LogP contribution is 2.37. The van der Waals surface area contributed by atoms with Crippen LogP contribution in [0.3, 0.4) is 0 Å². The molecule has 6 nitrogen and oxygen atoms in total. The van der Waals surface area contributed by atoms with Crippen LogP contribution >= 0.6 is 11.8 Å². The number of nitrogens with zero attached hydrogens (tertiary/aromatic N) is 2. The van der Waals surface area contributed by atoms with E-state index in [1.165, 1.54) is 28.8 Å². The average Bonchev–Trinajstić information content (AvgIpc) is 3.03. The summed E-state index contributed by atoms with van der Waals surface area (Å²) in [6.07, 6.45) is 1.83. The number of likely N-dealkylation sites (N-methyl/N-ethyl adjacent to an activating group) is 1. The van der Waals surface area contributed by atoms with Crippen molar-refractivity contribution < 1.29 is 19.4 Å². The number of ether oxygens (including phenoxy) is 1. The lowest BCUT2D eigenvalue weighted by Crippen LogP contribution is -2.23. The van der Waals surface area contributed by atoms with Gasteiger partial charge in [-0.05, 0) is 59.3 Å². The molecule has 1 fully saturated rings. The molecule has 3 aromatic carbocycles. The van der Waals surface area contributed by atoms with Crippen LogP contribution < -0.4 is 9.84 Å². The zero-order chi connectivity index (χ0) is 22.0. The van der Waals surface area contributed by atoms with E-state index < -0.39 is 5.97 Å². The Morgan fingerprint density at radius 1 is 1.16 bits per heavy atom. The number of carboxylic acids is 1. The predicted molar refractivity (Wildman–Crippen MR) is 121 cm³/mol. The first kappa shape index (κ1) is 20.7. The number of amides is 1. The molecule has 0 spiro atoms. The van der Waals surface area contributed by atoms with E-state index in [0.717, 1.165) is 16.3 Å². The third kappa shape index (κ3) is 4.18. The van der Waals surface area contributed by atoms with E-state index in [1.54, 1.807) is 19.2 Å². The van der Waals surface area contributed by atoms with Gasteiger partial charge in [0.15, 0.2) is 5.17 Å². The fraction of sp³-hybridized carbons (Fsp3) is 0.125. The first-order chi connectivity index (χ1) is 15.0. The molecule has 0 radical (unpaired) electrons. The van der Waals surface area contributed by atoms with Gasteiger partial charge in [0.2, 0.25) is 0 Å². The lowest BCUT2D eigenvalue weighted by atomic mass is 10.0. The van der Waals surface area contributed by atoms with E-state index in [9.17, 15) is 14.7 Å². The van der Waals surface area contributed by atoms with E-state index in [0.29, 0.717) is 28.1 Å². The number of thioether (sulfide) groups is 1. The molecule has 0 aliphatic carbocycles. The number of carbonyl (C=O) groups is 2. The highest BCUT2D eigenvalue weighted by molar-refractivity contribution is 8.18. The molecule has 0 saturated carbocycles. The number of aromatic carboxylic acids is 1. The molecule has 0 atom stereocenters. The second-order valence-corrected chi connectivity index (χ2v) is 7.85. The molecule has 0 unspecified atom stereocenters. The van der Waals surface area contributed by atoms with Crippen molar-refractivity contribution in [1.29, 1.82) is 0 Å². The Bertz CT molecular complexity index is 1250. The Balaban J connectivity index is 1.75. The molecular formula is C24H19N2O4S-. The molecule has 7 heteroatoms. The van der Waals surface area contributed by atoms with Gasteiger partial charge in [-0.25, -0.2) is 4.99 Å². The quantitative estimate of drug-likeness (QED) is 0.574. The molecule has 0 N–H and O–H groups in total. The zero-order valence-electron chi connectivity index (χ0n) is 17.0. The van der Waals surface area contributed by atoms with Crippen molar-refractivity contribution in [3.8, 4) is 5.75 Å². The molecule has 1 aliphatic heterocycles. The number of carboxylic acid groups (broad SMARTS) is 1. The molecule has 3 aromatic rings. The van der Waals surface area contributed by atoms with E-state index >= 15 is 0 Å². The average molecular weight is 431 g/mol. The van der Waals surface area contributed by atoms with Crippen LogP contribution in [0.1, 0.15) is 22.8 Å². The van der Waals surface area contributed by atoms with Gasteiger partial charge in [0.1, 0.15) is 5.75 Å². The van der Waals surface area contributed by atoms with Crippen molar-refractivity contribution in [2.24, 2.45) is 4.99 Å². The minimum absolute atomic E-state index is 0.0340. The van der Waals surface area contributed by atoms with E-state index in [1.807, 2.05) is 49.4 Å². The van der Waals surface area contributed by atoms with Crippen molar-refractivity contribution in [2.45, 2.75) is 6.92 Å². The predicted octanol–water partition coefficient (Wildman–Crippen LogP) is 3.84. The van der Waals surface area contributed by atoms with Crippen molar-refractivity contribution in [2.75, 3.05) is 13.7 Å². The second-order valence-electron chi connectivity index (χ2n) is 6.84. The van der Waals surface area contributed by atoms with Crippen molar-refractivity contribution in [1.82, 2.24) is 4.90 Å². The van der Waals surface area contributed by atoms with Gasteiger partial charge in [-0.3, -0.25) is 9.69 Å². The largest absolute Gasteiger partial charge is 0.545 e. The van der Waals surface area contributed by atoms with Gasteiger partial charge in [-0.2, -0.15) is 0 Å². The molecule has 0 bridgehead atoms. The van der Waals surface area contributed by atoms with Crippen LogP contribution in [-0.4, -0.2) is 35.6 Å². The van der Waals surface area contributed by atoms with Crippen LogP contribution in [-0.2, 0) is 4.79 Å². The number of carbonyl (C=O) groups excluding carboxylic acids is 2. The first-order valence-electron chi connectivity index (χ1n) is 9.70. The van der Waals surface area contributed by atoms with Gasteiger partial charge >= 0.3 is 0 Å². The second kappa shape index (κ2) is 8.65. The fourth-order valence-corrected chi connectivity index (χ4v) is 4.27. The Morgan fingerprint density at radius 3 is 2.74 bits per heavy atom. The molecule has 1 amide bonds. The zero-order valence-corrected chi connectivity index (χ0v) is 17.8. The third-order valence-electron chi connectivity index (χ3n) is 4.82. The summed E-state index contributed by atoms with van der Waals surface area (Å²) < 4.78 is 5.81. The van der Waals surface area contributed by atoms with E-state index in [2.05, 4.69) is 4.99 Å². The monoisotopic (exact) mass is 431 g/mol. The van der Waals surface area contributed by atoms with Crippen LogP contribution in [0.15, 0.2) is 70.6 Å². The summed E-state index contributed by atoms with van der Waals surface area (Å²) in [6.45, 7) is 2.43. The van der Waals surface area contributed by atoms with Crippen molar-refractivity contribution in [3.63, 3.8) is 0 Å². The Labute approximate surface area is 183 Å². The SMILES string of the molecule is CCOc1ccc2ccccc2c1/C=C1\SC(=Nc2cccc(C(=O)[O-])c2)N(C)C1=O. The maximum atomic E-state index is 12.9. The van der Waals surface area contributed by atoms with Gasteiger partial charge < -0.3 is 14.6 Å². The molecule has 1 saturated heterocycles. The minimum Gasteiger partial charge on any atom is -0.545 e. The van der Waals surface area contributed by atoms with Gasteiger partial charge in [0.05, 0.1) is 23.2 Å². The van der Waals surface area contributed by atoms with Crippen molar-refractivity contribution >= 4 is 51.3 Å². The number of benzene rings is 3. The summed E-state index contributed by atoms with van der Waals surface area (Å²) in [5, 5.41) is 13.6. The minimum atomic E-state index is -1.27. The molecule has 156 valence electrons. The molecule has 0 aromatic heterocycles. The smallest absolute Gasteiger partial charge is 0.266 e. The van der Waals surface area contributed by atoms with E-state index in [-0.39, 0.29) is 11.5 Å². The maximum absolute atomic E-state index is 12.9. The number of fused-ring (bicyclic) bond motifs is 1. The summed E-state index contributed by atoms with van der Waals surface area (Å²) in [6, 6.07) is 18.0. The Morgan fingerprint density at radius 2 is 1.97 bits per heavy atom. The number of hydrogen-bond acceptors (Lipinski definition) is 6. The number of aliphatic imine (C=N–C) groups is 1. The number of rotatable bonds is 5. The molecular weight excluding hydrogens is 412 g/mol. The number of hydrogen-bond donors (Lipinski definition) is 0. The van der Waals surface area contributed by atoms with Gasteiger partial charge in [0.25, 0.3) is 5.91 Å². The molecule has 4 rings (SSSR count). The fourth-order valence-electron chi connectivity index (χ4n) is 3.30. The normalized spacial score (nSPS) is 16.5. The summed E-state index contributed by atoms with van der Waals surface area (Å²) in [4.78, 5) is 30.4. The molecule has 31 heavy (non-hydrogen) atoms. The van der Waals surface area contributed by atoms with Crippen LogP contribution in [0.2, 0.25) is 0 Å². The highest BCUT2D eigenvalue weighted by Gasteiger charge is 2.31. The number of amidine groups is 1. The van der Waals surface area contributed by atoms with E-state index in [4.69, 9.17) is 4.74 Å². The highest BCUT2D eigenvalue weighted by atomic mass is 32.2. The standard InChI is InChI=1S/C24H20N2O4S/c1-3-30-20-12-11-15-7-4-5-10-18(15)19(20)14-21-22(27)26(2)24(31-21)25-17-9-6-8-16(13-17)23(28)29/h4-14H,3H2,1-2H3,(H,28,29)/p-1/b21-14-,25-24?. The van der Waals surface area contributed by atoms with Gasteiger partial charge in [-0.15, -0.1) is 0 Å². The van der Waals surface area contributed by atoms with Crippen LogP contribution in [0.25, 0.3) is 16.8 Å². The maximum Gasteiger partial charge on any atom is 0.266 e. The summed E-state index contributed by atoms with van der Waals surface area (Å²) in [5.41, 5.74) is 1.31. The van der Waals surface area contributed by atoms with Gasteiger partial charge in [0, 0.05) is 12.6 Å². The molecule has 1 heterocycles. The Hall–Kier alpha value is -3.58. The Kier molecular flexibility index (Phi) is 5.77. The summed E-state index contributed by atoms with van der Waals surface area (Å²) in [7, 11) is 1.64. The van der Waals surface area contributed by atoms with Crippen LogP contribution in [0, 0.1) is 0 Å². The lowest BCUT2D eigenvalue weighted by molar-refractivity contribution is -0.255. The first-order valence-corrected chi connectivity index (χ1v) is 10.5. The van der Waals surface area contributed by atoms with Crippen LogP contribution in [0.5, 0.6) is 5.75 Å². The van der Waals surface area contributed by atoms with Gasteiger partial charge in [-0.1, -0.05) is 42.5 Å². The summed E-state index contributed by atoms with van der Waals surface area (Å²) >= 11 is 1.24. The lowest BCUT2D eigenvalue weighted by Gasteiger charge is -2.11. The van der Waals surface area contributed by atoms with Crippen molar-refractivity contribution in [3.05, 3.63) is 76.7 Å².